The summed E-state index contributed by atoms with van der Waals surface area (Å²) < 4.78 is 13.9. The molecule has 2 N–H and O–H groups in total. The number of benzene rings is 1. The quantitative estimate of drug-likeness (QED) is 0.764. The first-order chi connectivity index (χ1) is 9.47. The molecular formula is C14H22BFN2O2. The molecule has 1 heterocycles. The van der Waals surface area contributed by atoms with Crippen molar-refractivity contribution in [3.8, 4) is 0 Å². The van der Waals surface area contributed by atoms with E-state index in [1.165, 1.54) is 6.07 Å². The Balaban J connectivity index is 1.94. The molecule has 110 valence electrons. The molecule has 0 atom stereocenters. The molecule has 1 fully saturated rings. The third-order valence-electron chi connectivity index (χ3n) is 3.91. The van der Waals surface area contributed by atoms with Crippen molar-refractivity contribution in [1.82, 2.24) is 9.80 Å². The van der Waals surface area contributed by atoms with Crippen molar-refractivity contribution in [3.63, 3.8) is 0 Å². The van der Waals surface area contributed by atoms with Crippen LogP contribution in [0.15, 0.2) is 18.2 Å². The average molecular weight is 280 g/mol. The van der Waals surface area contributed by atoms with Crippen LogP contribution in [-0.4, -0.2) is 59.2 Å². The maximum Gasteiger partial charge on any atom is 0.488 e. The number of hydrogen-bond acceptors (Lipinski definition) is 4. The van der Waals surface area contributed by atoms with Gasteiger partial charge < -0.3 is 10.0 Å². The lowest BCUT2D eigenvalue weighted by Gasteiger charge is -2.37. The fourth-order valence-corrected chi connectivity index (χ4v) is 2.53. The third kappa shape index (κ3) is 3.79. The second-order valence-electron chi connectivity index (χ2n) is 5.63. The van der Waals surface area contributed by atoms with Gasteiger partial charge in [-0.05, 0) is 25.4 Å². The van der Waals surface area contributed by atoms with Gasteiger partial charge in [-0.25, -0.2) is 4.39 Å². The summed E-state index contributed by atoms with van der Waals surface area (Å²) in [6.45, 7) is 8.82. The van der Waals surface area contributed by atoms with Gasteiger partial charge in [0.2, 0.25) is 0 Å². The summed E-state index contributed by atoms with van der Waals surface area (Å²) in [4.78, 5) is 4.64. The van der Waals surface area contributed by atoms with Gasteiger partial charge in [-0.2, -0.15) is 0 Å². The Morgan fingerprint density at radius 3 is 2.35 bits per heavy atom. The van der Waals surface area contributed by atoms with E-state index in [4.69, 9.17) is 10.0 Å². The highest BCUT2D eigenvalue weighted by molar-refractivity contribution is 6.58. The number of halogens is 1. The molecule has 0 unspecified atom stereocenters. The molecule has 2 rings (SSSR count). The summed E-state index contributed by atoms with van der Waals surface area (Å²) in [5, 5.41) is 18.0. The van der Waals surface area contributed by atoms with Crippen molar-refractivity contribution < 1.29 is 14.4 Å². The Hall–Kier alpha value is -0.945. The SMILES string of the molecule is CC(C)N1CCN(Cc2ccc(B(O)O)cc2F)CC1. The van der Waals surface area contributed by atoms with Crippen LogP contribution in [0.2, 0.25) is 0 Å². The summed E-state index contributed by atoms with van der Waals surface area (Å²) in [7, 11) is -1.62. The second-order valence-corrected chi connectivity index (χ2v) is 5.63. The molecule has 0 aromatic heterocycles. The van der Waals surface area contributed by atoms with Crippen LogP contribution in [0.5, 0.6) is 0 Å². The third-order valence-corrected chi connectivity index (χ3v) is 3.91. The Bertz CT molecular complexity index is 449. The van der Waals surface area contributed by atoms with Crippen molar-refractivity contribution in [3.05, 3.63) is 29.6 Å². The predicted octanol–water partition coefficient (Wildman–Crippen LogP) is 0.0315. The lowest BCUT2D eigenvalue weighted by molar-refractivity contribution is 0.103. The van der Waals surface area contributed by atoms with Crippen LogP contribution in [-0.2, 0) is 6.54 Å². The van der Waals surface area contributed by atoms with Gasteiger partial charge in [-0.15, -0.1) is 0 Å². The fraction of sp³-hybridized carbons (Fsp3) is 0.571. The monoisotopic (exact) mass is 280 g/mol. The Morgan fingerprint density at radius 1 is 1.20 bits per heavy atom. The van der Waals surface area contributed by atoms with Crippen LogP contribution in [0.25, 0.3) is 0 Å². The van der Waals surface area contributed by atoms with Gasteiger partial charge >= 0.3 is 7.12 Å². The second kappa shape index (κ2) is 6.67. The molecule has 4 nitrogen and oxygen atoms in total. The Kier molecular flexibility index (Phi) is 5.15. The molecule has 1 aromatic carbocycles. The number of nitrogens with zero attached hydrogens (tertiary/aromatic N) is 2. The van der Waals surface area contributed by atoms with E-state index in [0.717, 1.165) is 26.2 Å². The van der Waals surface area contributed by atoms with E-state index in [1.54, 1.807) is 12.1 Å². The van der Waals surface area contributed by atoms with E-state index < -0.39 is 7.12 Å². The lowest BCUT2D eigenvalue weighted by Crippen LogP contribution is -2.48. The highest BCUT2D eigenvalue weighted by Crippen LogP contribution is 2.12. The molecular weight excluding hydrogens is 258 g/mol. The van der Waals surface area contributed by atoms with Gasteiger partial charge in [0, 0.05) is 44.3 Å². The molecule has 1 aromatic rings. The van der Waals surface area contributed by atoms with Crippen LogP contribution < -0.4 is 5.46 Å². The van der Waals surface area contributed by atoms with Gasteiger partial charge in [0.05, 0.1) is 0 Å². The van der Waals surface area contributed by atoms with E-state index in [9.17, 15) is 4.39 Å². The zero-order valence-corrected chi connectivity index (χ0v) is 12.1. The summed E-state index contributed by atoms with van der Waals surface area (Å²) in [6.07, 6.45) is 0. The molecule has 0 amide bonds. The van der Waals surface area contributed by atoms with Crippen LogP contribution in [0, 0.1) is 5.82 Å². The minimum Gasteiger partial charge on any atom is -0.423 e. The Morgan fingerprint density at radius 2 is 1.85 bits per heavy atom. The highest BCUT2D eigenvalue weighted by Gasteiger charge is 2.20. The van der Waals surface area contributed by atoms with Gasteiger partial charge in [0.1, 0.15) is 5.82 Å². The predicted molar refractivity (Wildman–Crippen MR) is 78.2 cm³/mol. The van der Waals surface area contributed by atoms with Gasteiger partial charge in [-0.3, -0.25) is 9.80 Å². The summed E-state index contributed by atoms with van der Waals surface area (Å²) in [5.41, 5.74) is 0.795. The van der Waals surface area contributed by atoms with Crippen LogP contribution >= 0.6 is 0 Å². The van der Waals surface area contributed by atoms with Gasteiger partial charge in [0.15, 0.2) is 0 Å². The molecule has 0 aliphatic carbocycles. The zero-order valence-electron chi connectivity index (χ0n) is 12.1. The van der Waals surface area contributed by atoms with Crippen LogP contribution in [0.4, 0.5) is 4.39 Å². The molecule has 0 spiro atoms. The topological polar surface area (TPSA) is 46.9 Å². The normalized spacial score (nSPS) is 17.7. The van der Waals surface area contributed by atoms with Crippen molar-refractivity contribution in [2.24, 2.45) is 0 Å². The van der Waals surface area contributed by atoms with Gasteiger partial charge in [-0.1, -0.05) is 12.1 Å². The first kappa shape index (κ1) is 15.4. The first-order valence-electron chi connectivity index (χ1n) is 7.08. The summed E-state index contributed by atoms with van der Waals surface area (Å²) in [6, 6.07) is 4.95. The van der Waals surface area contributed by atoms with E-state index in [2.05, 4.69) is 23.6 Å². The Labute approximate surface area is 120 Å². The van der Waals surface area contributed by atoms with Crippen LogP contribution in [0.1, 0.15) is 19.4 Å². The largest absolute Gasteiger partial charge is 0.488 e. The molecule has 1 aliphatic heterocycles. The fourth-order valence-electron chi connectivity index (χ4n) is 2.53. The summed E-state index contributed by atoms with van der Waals surface area (Å²) in [5.74, 6) is -0.373. The van der Waals surface area contributed by atoms with E-state index >= 15 is 0 Å². The lowest BCUT2D eigenvalue weighted by atomic mass is 9.80. The van der Waals surface area contributed by atoms with Gasteiger partial charge in [0.25, 0.3) is 0 Å². The minimum atomic E-state index is -1.62. The molecule has 0 bridgehead atoms. The summed E-state index contributed by atoms with van der Waals surface area (Å²) >= 11 is 0. The molecule has 0 radical (unpaired) electrons. The average Bonchev–Trinajstić information content (AvgIpc) is 2.41. The van der Waals surface area contributed by atoms with Crippen LogP contribution in [0.3, 0.4) is 0 Å². The maximum atomic E-state index is 13.9. The molecule has 6 heteroatoms. The van der Waals surface area contributed by atoms with Crippen molar-refractivity contribution in [1.29, 1.82) is 0 Å². The smallest absolute Gasteiger partial charge is 0.423 e. The molecule has 1 saturated heterocycles. The minimum absolute atomic E-state index is 0.191. The van der Waals surface area contributed by atoms with E-state index in [0.29, 0.717) is 18.2 Å². The number of rotatable bonds is 4. The van der Waals surface area contributed by atoms with E-state index in [1.807, 2.05) is 0 Å². The molecule has 0 saturated carbocycles. The molecule has 20 heavy (non-hydrogen) atoms. The maximum absolute atomic E-state index is 13.9. The number of hydrogen-bond donors (Lipinski definition) is 2. The van der Waals surface area contributed by atoms with Crippen molar-refractivity contribution in [2.75, 3.05) is 26.2 Å². The van der Waals surface area contributed by atoms with Crippen molar-refractivity contribution >= 4 is 12.6 Å². The standard InChI is InChI=1S/C14H22BFN2O2/c1-11(2)18-7-5-17(6-8-18)10-12-3-4-13(15(19)20)9-14(12)16/h3-4,9,11,19-20H,5-8,10H2,1-2H3. The number of piperazine rings is 1. The zero-order chi connectivity index (χ0) is 14.7. The van der Waals surface area contributed by atoms with Crippen molar-refractivity contribution in [2.45, 2.75) is 26.4 Å². The van der Waals surface area contributed by atoms with E-state index in [-0.39, 0.29) is 11.3 Å². The molecule has 1 aliphatic rings. The highest BCUT2D eigenvalue weighted by atomic mass is 19.1. The first-order valence-corrected chi connectivity index (χ1v) is 7.08.